The number of aromatic nitrogens is 1. The highest BCUT2D eigenvalue weighted by molar-refractivity contribution is 6.31. The first-order chi connectivity index (χ1) is 10.1. The summed E-state index contributed by atoms with van der Waals surface area (Å²) in [4.78, 5) is 10.7. The minimum atomic E-state index is -0.412. The first-order valence-electron chi connectivity index (χ1n) is 6.22. The van der Waals surface area contributed by atoms with E-state index in [-0.39, 0.29) is 5.69 Å². The molecule has 0 aliphatic heterocycles. The molecular formula is C15H10ClFN2O2. The van der Waals surface area contributed by atoms with E-state index in [0.717, 1.165) is 5.39 Å². The van der Waals surface area contributed by atoms with Crippen LogP contribution in [0.3, 0.4) is 0 Å². The van der Waals surface area contributed by atoms with E-state index in [2.05, 4.69) is 0 Å². The number of benzene rings is 2. The van der Waals surface area contributed by atoms with E-state index in [0.29, 0.717) is 22.6 Å². The molecule has 0 saturated carbocycles. The Morgan fingerprint density at radius 3 is 2.76 bits per heavy atom. The van der Waals surface area contributed by atoms with Crippen molar-refractivity contribution in [2.75, 3.05) is 0 Å². The molecule has 3 aromatic rings. The van der Waals surface area contributed by atoms with Crippen LogP contribution in [0.2, 0.25) is 5.02 Å². The molecule has 0 aliphatic rings. The van der Waals surface area contributed by atoms with Gasteiger partial charge in [-0.05, 0) is 23.8 Å². The van der Waals surface area contributed by atoms with Gasteiger partial charge in [-0.1, -0.05) is 29.8 Å². The summed E-state index contributed by atoms with van der Waals surface area (Å²) >= 11 is 6.01. The van der Waals surface area contributed by atoms with Crippen LogP contribution in [-0.4, -0.2) is 9.49 Å². The van der Waals surface area contributed by atoms with Gasteiger partial charge in [-0.25, -0.2) is 4.39 Å². The van der Waals surface area contributed by atoms with Crippen molar-refractivity contribution in [3.8, 4) is 0 Å². The van der Waals surface area contributed by atoms with Crippen molar-refractivity contribution in [1.29, 1.82) is 0 Å². The number of nitro benzene ring substituents is 1. The standard InChI is InChI=1S/C15H10ClFN2O2/c16-13-8-12(17)5-4-11(13)9-18-7-6-10-2-1-3-14(15(10)18)19(20)21/h1-8H,9H2. The highest BCUT2D eigenvalue weighted by Gasteiger charge is 2.16. The van der Waals surface area contributed by atoms with Crippen LogP contribution < -0.4 is 0 Å². The zero-order chi connectivity index (χ0) is 15.0. The number of non-ortho nitro benzene ring substituents is 1. The predicted molar refractivity (Wildman–Crippen MR) is 79.1 cm³/mol. The van der Waals surface area contributed by atoms with E-state index in [1.165, 1.54) is 18.2 Å². The summed E-state index contributed by atoms with van der Waals surface area (Å²) in [7, 11) is 0. The summed E-state index contributed by atoms with van der Waals surface area (Å²) in [6, 6.07) is 10.9. The lowest BCUT2D eigenvalue weighted by atomic mass is 10.2. The van der Waals surface area contributed by atoms with Gasteiger partial charge in [-0.2, -0.15) is 0 Å². The lowest BCUT2D eigenvalue weighted by molar-refractivity contribution is -0.383. The Morgan fingerprint density at radius 1 is 1.24 bits per heavy atom. The van der Waals surface area contributed by atoms with Gasteiger partial charge >= 0.3 is 0 Å². The van der Waals surface area contributed by atoms with E-state index < -0.39 is 10.7 Å². The quantitative estimate of drug-likeness (QED) is 0.532. The van der Waals surface area contributed by atoms with Gasteiger partial charge in [-0.15, -0.1) is 0 Å². The van der Waals surface area contributed by atoms with E-state index >= 15 is 0 Å². The molecule has 4 nitrogen and oxygen atoms in total. The van der Waals surface area contributed by atoms with E-state index in [4.69, 9.17) is 11.6 Å². The largest absolute Gasteiger partial charge is 0.337 e. The molecule has 0 atom stereocenters. The summed E-state index contributed by atoms with van der Waals surface area (Å²) in [5, 5.41) is 12.2. The molecule has 2 aromatic carbocycles. The van der Waals surface area contributed by atoms with Gasteiger partial charge in [0.2, 0.25) is 0 Å². The maximum atomic E-state index is 13.1. The Bertz CT molecular complexity index is 845. The van der Waals surface area contributed by atoms with Crippen LogP contribution in [-0.2, 0) is 6.54 Å². The van der Waals surface area contributed by atoms with Crippen molar-refractivity contribution in [3.63, 3.8) is 0 Å². The number of rotatable bonds is 3. The molecule has 1 aromatic heterocycles. The number of para-hydroxylation sites is 1. The van der Waals surface area contributed by atoms with Gasteiger partial charge in [0.15, 0.2) is 0 Å². The Balaban J connectivity index is 2.11. The third-order valence-corrected chi connectivity index (χ3v) is 3.67. The van der Waals surface area contributed by atoms with E-state index in [1.54, 1.807) is 29.0 Å². The average Bonchev–Trinajstić information content (AvgIpc) is 2.85. The Morgan fingerprint density at radius 2 is 2.05 bits per heavy atom. The molecule has 21 heavy (non-hydrogen) atoms. The van der Waals surface area contributed by atoms with Gasteiger partial charge in [0.05, 0.1) is 4.92 Å². The molecule has 0 N–H and O–H groups in total. The van der Waals surface area contributed by atoms with Crippen molar-refractivity contribution in [2.45, 2.75) is 6.54 Å². The fourth-order valence-corrected chi connectivity index (χ4v) is 2.58. The maximum absolute atomic E-state index is 13.1. The third kappa shape index (κ3) is 2.48. The summed E-state index contributed by atoms with van der Waals surface area (Å²) < 4.78 is 14.8. The maximum Gasteiger partial charge on any atom is 0.293 e. The Labute approximate surface area is 124 Å². The van der Waals surface area contributed by atoms with Crippen LogP contribution in [0.25, 0.3) is 10.9 Å². The molecule has 6 heteroatoms. The zero-order valence-electron chi connectivity index (χ0n) is 10.8. The highest BCUT2D eigenvalue weighted by Crippen LogP contribution is 2.28. The highest BCUT2D eigenvalue weighted by atomic mass is 35.5. The summed E-state index contributed by atoms with van der Waals surface area (Å²) in [6.45, 7) is 0.341. The second-order valence-electron chi connectivity index (χ2n) is 4.65. The number of fused-ring (bicyclic) bond motifs is 1. The second kappa shape index (κ2) is 5.18. The smallest absolute Gasteiger partial charge is 0.293 e. The normalized spacial score (nSPS) is 11.0. The molecule has 0 spiro atoms. The van der Waals surface area contributed by atoms with Gasteiger partial charge in [0.1, 0.15) is 11.3 Å². The van der Waals surface area contributed by atoms with Crippen LogP contribution in [0.5, 0.6) is 0 Å². The Kier molecular flexibility index (Phi) is 3.35. The molecule has 0 fully saturated rings. The molecule has 0 amide bonds. The molecule has 106 valence electrons. The first-order valence-corrected chi connectivity index (χ1v) is 6.60. The fraction of sp³-hybridized carbons (Fsp3) is 0.0667. The lowest BCUT2D eigenvalue weighted by Gasteiger charge is -2.08. The predicted octanol–water partition coefficient (Wildman–Crippen LogP) is 4.39. The topological polar surface area (TPSA) is 48.1 Å². The first kappa shape index (κ1) is 13.6. The summed E-state index contributed by atoms with van der Waals surface area (Å²) in [5.41, 5.74) is 1.27. The van der Waals surface area contributed by atoms with E-state index in [9.17, 15) is 14.5 Å². The number of hydrogen-bond donors (Lipinski definition) is 0. The molecular weight excluding hydrogens is 295 g/mol. The third-order valence-electron chi connectivity index (χ3n) is 3.32. The van der Waals surface area contributed by atoms with Crippen LogP contribution >= 0.6 is 11.6 Å². The van der Waals surface area contributed by atoms with Crippen LogP contribution in [0.15, 0.2) is 48.7 Å². The molecule has 0 aliphatic carbocycles. The number of hydrogen-bond acceptors (Lipinski definition) is 2. The van der Waals surface area contributed by atoms with Crippen LogP contribution in [0.1, 0.15) is 5.56 Å². The molecule has 1 heterocycles. The number of nitrogens with zero attached hydrogens (tertiary/aromatic N) is 2. The van der Waals surface area contributed by atoms with Gasteiger partial charge in [0, 0.05) is 29.2 Å². The average molecular weight is 305 g/mol. The van der Waals surface area contributed by atoms with Crippen molar-refractivity contribution in [1.82, 2.24) is 4.57 Å². The van der Waals surface area contributed by atoms with Crippen molar-refractivity contribution in [3.05, 3.63) is 75.2 Å². The summed E-state index contributed by atoms with van der Waals surface area (Å²) in [5.74, 6) is -0.410. The van der Waals surface area contributed by atoms with Crippen molar-refractivity contribution >= 4 is 28.2 Å². The van der Waals surface area contributed by atoms with E-state index in [1.807, 2.05) is 6.07 Å². The van der Waals surface area contributed by atoms with Crippen LogP contribution in [0, 0.1) is 15.9 Å². The van der Waals surface area contributed by atoms with Gasteiger partial charge < -0.3 is 4.57 Å². The molecule has 0 bridgehead atoms. The molecule has 0 saturated heterocycles. The monoisotopic (exact) mass is 304 g/mol. The molecule has 0 unspecified atom stereocenters. The fourth-order valence-electron chi connectivity index (χ4n) is 2.35. The molecule has 3 rings (SSSR count). The lowest BCUT2D eigenvalue weighted by Crippen LogP contribution is -2.01. The second-order valence-corrected chi connectivity index (χ2v) is 5.06. The number of nitro groups is 1. The SMILES string of the molecule is O=[N+]([O-])c1cccc2ccn(Cc3ccc(F)cc3Cl)c12. The minimum Gasteiger partial charge on any atom is -0.337 e. The van der Waals surface area contributed by atoms with Crippen LogP contribution in [0.4, 0.5) is 10.1 Å². The van der Waals surface area contributed by atoms with Gasteiger partial charge in [-0.3, -0.25) is 10.1 Å². The molecule has 0 radical (unpaired) electrons. The zero-order valence-corrected chi connectivity index (χ0v) is 11.5. The number of halogens is 2. The van der Waals surface area contributed by atoms with Gasteiger partial charge in [0.25, 0.3) is 5.69 Å². The summed E-state index contributed by atoms with van der Waals surface area (Å²) in [6.07, 6.45) is 1.76. The van der Waals surface area contributed by atoms with Crippen molar-refractivity contribution < 1.29 is 9.31 Å². The van der Waals surface area contributed by atoms with Crippen molar-refractivity contribution in [2.24, 2.45) is 0 Å². The Hall–Kier alpha value is -2.40. The minimum absolute atomic E-state index is 0.0377.